The highest BCUT2D eigenvalue weighted by molar-refractivity contribution is 5.91. The van der Waals surface area contributed by atoms with Gasteiger partial charge in [0.25, 0.3) is 0 Å². The summed E-state index contributed by atoms with van der Waals surface area (Å²) in [7, 11) is 0. The van der Waals surface area contributed by atoms with E-state index in [-0.39, 0.29) is 5.41 Å². The Labute approximate surface area is 177 Å². The Morgan fingerprint density at radius 3 is 2.76 bits per heavy atom. The van der Waals surface area contributed by atoms with Crippen molar-refractivity contribution in [3.05, 3.63) is 23.5 Å². The second kappa shape index (κ2) is 6.99. The maximum absolute atomic E-state index is 12.0. The Balaban J connectivity index is 1.41. The number of hydrogen-bond acceptors (Lipinski definition) is 2. The smallest absolute Gasteiger partial charge is 0.155 e. The van der Waals surface area contributed by atoms with Gasteiger partial charge in [0, 0.05) is 18.3 Å². The molecule has 3 fully saturated rings. The van der Waals surface area contributed by atoms with Crippen LogP contribution in [-0.4, -0.2) is 12.4 Å². The molecule has 0 aromatic heterocycles. The molecule has 0 unspecified atom stereocenters. The van der Waals surface area contributed by atoms with Gasteiger partial charge in [0.15, 0.2) is 5.78 Å². The maximum Gasteiger partial charge on any atom is 0.155 e. The molecule has 4 aliphatic carbocycles. The van der Waals surface area contributed by atoms with Crippen molar-refractivity contribution in [2.45, 2.75) is 85.5 Å². The third kappa shape index (κ3) is 2.91. The Morgan fingerprint density at radius 2 is 1.97 bits per heavy atom. The fourth-order valence-electron chi connectivity index (χ4n) is 8.59. The van der Waals surface area contributed by atoms with Gasteiger partial charge in [-0.3, -0.25) is 4.79 Å². The number of ether oxygens (including phenoxy) is 1. The van der Waals surface area contributed by atoms with Gasteiger partial charge >= 0.3 is 0 Å². The predicted molar refractivity (Wildman–Crippen MR) is 117 cm³/mol. The Hall–Kier alpha value is -1.05. The first kappa shape index (κ1) is 19.9. The van der Waals surface area contributed by atoms with Gasteiger partial charge in [-0.05, 0) is 104 Å². The highest BCUT2D eigenvalue weighted by atomic mass is 16.5. The Kier molecular flexibility index (Phi) is 4.79. The standard InChI is InChI=1S/C27H40O2/c1-17(2)5-10-25-18(3)22-8-9-24-21-7-6-19-15-20(28)11-13-26(19,4)23(21)12-14-27(22,24)16-29-25/h11,13,17,19,21-24H,5-10,12,14-16H2,1-4H3/t19-,21-,22-,23+,24+,26+,27+/m1/s1. The lowest BCUT2D eigenvalue weighted by Crippen LogP contribution is -2.55. The van der Waals surface area contributed by atoms with Crippen molar-refractivity contribution in [1.29, 1.82) is 0 Å². The van der Waals surface area contributed by atoms with E-state index in [2.05, 4.69) is 33.8 Å². The van der Waals surface area contributed by atoms with Crippen LogP contribution in [0.1, 0.15) is 85.5 Å². The zero-order valence-electron chi connectivity index (χ0n) is 19.0. The molecule has 5 rings (SSSR count). The van der Waals surface area contributed by atoms with Crippen molar-refractivity contribution in [2.75, 3.05) is 6.61 Å². The van der Waals surface area contributed by atoms with Gasteiger partial charge in [0.05, 0.1) is 12.4 Å². The fourth-order valence-corrected chi connectivity index (χ4v) is 8.59. The quantitative estimate of drug-likeness (QED) is 0.530. The number of carbonyl (C=O) groups excluding carboxylic acids is 1. The molecule has 2 nitrogen and oxygen atoms in total. The molecule has 29 heavy (non-hydrogen) atoms. The summed E-state index contributed by atoms with van der Waals surface area (Å²) >= 11 is 0. The third-order valence-corrected chi connectivity index (χ3v) is 10.2. The minimum atomic E-state index is 0.249. The largest absolute Gasteiger partial charge is 0.497 e. The molecule has 0 saturated heterocycles. The summed E-state index contributed by atoms with van der Waals surface area (Å²) < 4.78 is 6.56. The summed E-state index contributed by atoms with van der Waals surface area (Å²) in [5, 5.41) is 0. The second-order valence-electron chi connectivity index (χ2n) is 11.8. The zero-order chi connectivity index (χ0) is 20.4. The highest BCUT2D eigenvalue weighted by Crippen LogP contribution is 2.68. The first-order chi connectivity index (χ1) is 13.8. The summed E-state index contributed by atoms with van der Waals surface area (Å²) in [5.41, 5.74) is 2.25. The van der Waals surface area contributed by atoms with E-state index < -0.39 is 0 Å². The second-order valence-corrected chi connectivity index (χ2v) is 11.8. The van der Waals surface area contributed by atoms with Gasteiger partial charge in [-0.15, -0.1) is 0 Å². The van der Waals surface area contributed by atoms with Crippen LogP contribution in [0, 0.1) is 46.3 Å². The molecule has 0 radical (unpaired) electrons. The maximum atomic E-state index is 12.0. The molecule has 7 atom stereocenters. The summed E-state index contributed by atoms with van der Waals surface area (Å²) in [5.74, 6) is 6.21. The van der Waals surface area contributed by atoms with Gasteiger partial charge < -0.3 is 4.74 Å². The lowest BCUT2D eigenvalue weighted by molar-refractivity contribution is -0.127. The number of carbonyl (C=O) groups is 1. The molecule has 0 aromatic rings. The molecule has 0 amide bonds. The molecule has 0 N–H and O–H groups in total. The van der Waals surface area contributed by atoms with Crippen LogP contribution >= 0.6 is 0 Å². The summed E-state index contributed by atoms with van der Waals surface area (Å²) in [4.78, 5) is 12.0. The van der Waals surface area contributed by atoms with E-state index in [9.17, 15) is 4.79 Å². The summed E-state index contributed by atoms with van der Waals surface area (Å²) in [6.07, 6.45) is 15.4. The van der Waals surface area contributed by atoms with Crippen molar-refractivity contribution in [3.63, 3.8) is 0 Å². The third-order valence-electron chi connectivity index (χ3n) is 10.2. The van der Waals surface area contributed by atoms with Gasteiger partial charge in [0.2, 0.25) is 0 Å². The number of hydrogen-bond donors (Lipinski definition) is 0. The fraction of sp³-hybridized carbons (Fsp3) is 0.815. The number of allylic oxidation sites excluding steroid dienone is 4. The molecular formula is C27H40O2. The molecule has 3 saturated carbocycles. The minimum Gasteiger partial charge on any atom is -0.497 e. The van der Waals surface area contributed by atoms with Gasteiger partial charge in [0.1, 0.15) is 0 Å². The Morgan fingerprint density at radius 1 is 1.14 bits per heavy atom. The molecule has 1 heterocycles. The van der Waals surface area contributed by atoms with Gasteiger partial charge in [-0.2, -0.15) is 0 Å². The molecular weight excluding hydrogens is 356 g/mol. The van der Waals surface area contributed by atoms with Crippen LogP contribution in [-0.2, 0) is 9.53 Å². The lowest BCUT2D eigenvalue weighted by Gasteiger charge is -2.60. The first-order valence-electron chi connectivity index (χ1n) is 12.4. The van der Waals surface area contributed by atoms with Crippen molar-refractivity contribution in [2.24, 2.45) is 46.3 Å². The monoisotopic (exact) mass is 396 g/mol. The SMILES string of the molecule is CC1=C(CCC(C)C)OC[C@]23CC[C@H]4[C@@H](CC[C@@H]5CC(=O)C=C[C@@]54C)[C@@H]2CC[C@H]13. The van der Waals surface area contributed by atoms with E-state index in [1.807, 2.05) is 6.08 Å². The Bertz CT molecular complexity index is 746. The van der Waals surface area contributed by atoms with Crippen LogP contribution < -0.4 is 0 Å². The van der Waals surface area contributed by atoms with E-state index >= 15 is 0 Å². The molecule has 0 aromatic carbocycles. The van der Waals surface area contributed by atoms with Gasteiger partial charge in [-0.25, -0.2) is 0 Å². The van der Waals surface area contributed by atoms with Crippen molar-refractivity contribution in [1.82, 2.24) is 0 Å². The molecule has 1 aliphatic heterocycles. The van der Waals surface area contributed by atoms with Crippen molar-refractivity contribution < 1.29 is 9.53 Å². The van der Waals surface area contributed by atoms with E-state index in [0.29, 0.717) is 17.1 Å². The van der Waals surface area contributed by atoms with E-state index in [1.165, 1.54) is 50.7 Å². The lowest BCUT2D eigenvalue weighted by atomic mass is 9.45. The van der Waals surface area contributed by atoms with Crippen LogP contribution in [0.15, 0.2) is 23.5 Å². The average Bonchev–Trinajstić information content (AvgIpc) is 3.08. The topological polar surface area (TPSA) is 26.3 Å². The molecule has 160 valence electrons. The summed E-state index contributed by atoms with van der Waals surface area (Å²) in [6.45, 7) is 10.5. The molecule has 0 bridgehead atoms. The van der Waals surface area contributed by atoms with Crippen molar-refractivity contribution >= 4 is 5.78 Å². The summed E-state index contributed by atoms with van der Waals surface area (Å²) in [6, 6.07) is 0. The molecule has 2 heteroatoms. The van der Waals surface area contributed by atoms with Crippen LogP contribution in [0.5, 0.6) is 0 Å². The highest BCUT2D eigenvalue weighted by Gasteiger charge is 2.62. The van der Waals surface area contributed by atoms with Crippen LogP contribution in [0.25, 0.3) is 0 Å². The number of ketones is 1. The van der Waals surface area contributed by atoms with Crippen molar-refractivity contribution in [3.8, 4) is 0 Å². The van der Waals surface area contributed by atoms with Crippen LogP contribution in [0.3, 0.4) is 0 Å². The number of fused-ring (bicyclic) bond motifs is 4. The van der Waals surface area contributed by atoms with E-state index in [1.54, 1.807) is 5.57 Å². The molecule has 5 aliphatic rings. The zero-order valence-corrected chi connectivity index (χ0v) is 19.0. The normalized spacial score (nSPS) is 46.1. The van der Waals surface area contributed by atoms with E-state index in [4.69, 9.17) is 4.74 Å². The minimum absolute atomic E-state index is 0.249. The van der Waals surface area contributed by atoms with Crippen LogP contribution in [0.2, 0.25) is 0 Å². The predicted octanol–water partition coefficient (Wildman–Crippen LogP) is 6.71. The average molecular weight is 397 g/mol. The first-order valence-corrected chi connectivity index (χ1v) is 12.4. The molecule has 1 spiro atoms. The number of rotatable bonds is 3. The van der Waals surface area contributed by atoms with Gasteiger partial charge in [-0.1, -0.05) is 26.8 Å². The van der Waals surface area contributed by atoms with Crippen LogP contribution in [0.4, 0.5) is 0 Å². The van der Waals surface area contributed by atoms with E-state index in [0.717, 1.165) is 49.0 Å².